The number of halogens is 3. The zero-order valence-corrected chi connectivity index (χ0v) is 11.8. The van der Waals surface area contributed by atoms with Gasteiger partial charge in [0.15, 0.2) is 0 Å². The molecule has 0 aromatic carbocycles. The average Bonchev–Trinajstić information content (AvgIpc) is 2.70. The van der Waals surface area contributed by atoms with E-state index in [0.717, 1.165) is 7.11 Å². The number of esters is 1. The highest BCUT2D eigenvalue weighted by Gasteiger charge is 2.53. The minimum absolute atomic E-state index is 0.355. The van der Waals surface area contributed by atoms with E-state index in [2.05, 4.69) is 4.74 Å². The van der Waals surface area contributed by atoms with Crippen molar-refractivity contribution < 1.29 is 32.2 Å². The van der Waals surface area contributed by atoms with Crippen LogP contribution in [0.3, 0.4) is 0 Å². The molecule has 1 heterocycles. The number of methoxy groups -OCH3 is 1. The van der Waals surface area contributed by atoms with Gasteiger partial charge in [-0.05, 0) is 27.2 Å². The van der Waals surface area contributed by atoms with Gasteiger partial charge in [-0.1, -0.05) is 0 Å². The van der Waals surface area contributed by atoms with Crippen LogP contribution in [0.2, 0.25) is 0 Å². The fraction of sp³-hybridized carbons (Fsp3) is 0.833. The van der Waals surface area contributed by atoms with Gasteiger partial charge in [-0.15, -0.1) is 0 Å². The quantitative estimate of drug-likeness (QED) is 0.697. The summed E-state index contributed by atoms with van der Waals surface area (Å²) in [5, 5.41) is 0. The van der Waals surface area contributed by atoms with Gasteiger partial charge in [0.05, 0.1) is 13.0 Å². The van der Waals surface area contributed by atoms with Crippen LogP contribution in [0.5, 0.6) is 0 Å². The highest BCUT2D eigenvalue weighted by Crippen LogP contribution is 2.36. The lowest BCUT2D eigenvalue weighted by molar-refractivity contribution is -0.173. The molecular weight excluding hydrogens is 279 g/mol. The van der Waals surface area contributed by atoms with Crippen LogP contribution < -0.4 is 0 Å². The van der Waals surface area contributed by atoms with Crippen molar-refractivity contribution in [1.82, 2.24) is 4.90 Å². The smallest absolute Gasteiger partial charge is 0.410 e. The van der Waals surface area contributed by atoms with E-state index in [1.54, 1.807) is 20.8 Å². The molecule has 0 saturated carbocycles. The number of rotatable bonds is 1. The van der Waals surface area contributed by atoms with E-state index in [1.165, 1.54) is 0 Å². The zero-order chi connectivity index (χ0) is 15.7. The lowest BCUT2D eigenvalue weighted by Gasteiger charge is -2.29. The van der Waals surface area contributed by atoms with Crippen molar-refractivity contribution >= 4 is 12.1 Å². The molecule has 1 saturated heterocycles. The van der Waals surface area contributed by atoms with Gasteiger partial charge in [-0.2, -0.15) is 13.2 Å². The minimum atomic E-state index is -4.61. The van der Waals surface area contributed by atoms with E-state index in [0.29, 0.717) is 4.90 Å². The van der Waals surface area contributed by atoms with E-state index in [9.17, 15) is 22.8 Å². The van der Waals surface area contributed by atoms with Gasteiger partial charge in [-0.3, -0.25) is 9.69 Å². The third kappa shape index (κ3) is 4.01. The van der Waals surface area contributed by atoms with Crippen molar-refractivity contribution in [3.63, 3.8) is 0 Å². The Morgan fingerprint density at radius 2 is 1.75 bits per heavy atom. The summed E-state index contributed by atoms with van der Waals surface area (Å²) in [6.45, 7) is 4.32. The highest BCUT2D eigenvalue weighted by molar-refractivity contribution is 5.76. The predicted octanol–water partition coefficient (Wildman–Crippen LogP) is 2.35. The maximum Gasteiger partial charge on any atom is 0.410 e. The topological polar surface area (TPSA) is 55.8 Å². The van der Waals surface area contributed by atoms with Gasteiger partial charge in [-0.25, -0.2) is 4.79 Å². The van der Waals surface area contributed by atoms with Crippen LogP contribution in [-0.2, 0) is 14.3 Å². The van der Waals surface area contributed by atoms with E-state index >= 15 is 0 Å². The second-order valence-electron chi connectivity index (χ2n) is 5.65. The summed E-state index contributed by atoms with van der Waals surface area (Å²) in [4.78, 5) is 23.7. The maximum absolute atomic E-state index is 12.9. The van der Waals surface area contributed by atoms with Gasteiger partial charge in [0.1, 0.15) is 11.6 Å². The van der Waals surface area contributed by atoms with E-state index < -0.39 is 42.2 Å². The SMILES string of the molecule is COC(=O)[C@@H]1C[C@H](C(F)(F)F)N(C(=O)OC(C)(C)C)C1. The molecule has 0 bridgehead atoms. The average molecular weight is 297 g/mol. The summed E-state index contributed by atoms with van der Waals surface area (Å²) in [7, 11) is 1.10. The van der Waals surface area contributed by atoms with Crippen LogP contribution in [0.25, 0.3) is 0 Å². The zero-order valence-electron chi connectivity index (χ0n) is 11.8. The standard InChI is InChI=1S/C12H18F3NO4/c1-11(2,3)20-10(18)16-6-7(9(17)19-4)5-8(16)12(13,14)15/h7-8H,5-6H2,1-4H3/t7-,8-/m1/s1. The number of likely N-dealkylation sites (tertiary alicyclic amines) is 1. The van der Waals surface area contributed by atoms with E-state index in [1.807, 2.05) is 0 Å². The molecule has 2 atom stereocenters. The number of carbonyl (C=O) groups is 2. The third-order valence-corrected chi connectivity index (χ3v) is 2.84. The lowest BCUT2D eigenvalue weighted by Crippen LogP contribution is -2.46. The normalized spacial score (nSPS) is 23.6. The van der Waals surface area contributed by atoms with Crippen LogP contribution >= 0.6 is 0 Å². The summed E-state index contributed by atoms with van der Waals surface area (Å²) in [5.74, 6) is -1.75. The van der Waals surface area contributed by atoms with Crippen molar-refractivity contribution in [1.29, 1.82) is 0 Å². The fourth-order valence-corrected chi connectivity index (χ4v) is 2.01. The van der Waals surface area contributed by atoms with Crippen molar-refractivity contribution in [3.05, 3.63) is 0 Å². The van der Waals surface area contributed by atoms with Crippen molar-refractivity contribution in [2.24, 2.45) is 5.92 Å². The molecule has 0 aromatic rings. The largest absolute Gasteiger partial charge is 0.469 e. The molecule has 5 nitrogen and oxygen atoms in total. The molecule has 0 radical (unpaired) electrons. The molecule has 0 aromatic heterocycles. The Morgan fingerprint density at radius 1 is 1.20 bits per heavy atom. The van der Waals surface area contributed by atoms with Crippen molar-refractivity contribution in [2.45, 2.75) is 45.0 Å². The predicted molar refractivity (Wildman–Crippen MR) is 62.9 cm³/mol. The molecule has 1 amide bonds. The molecule has 1 fully saturated rings. The number of hydrogen-bond donors (Lipinski definition) is 0. The lowest BCUT2D eigenvalue weighted by atomic mass is 10.1. The van der Waals surface area contributed by atoms with E-state index in [-0.39, 0.29) is 6.54 Å². The van der Waals surface area contributed by atoms with Gasteiger partial charge in [0.2, 0.25) is 0 Å². The summed E-state index contributed by atoms with van der Waals surface area (Å²) < 4.78 is 48.2. The summed E-state index contributed by atoms with van der Waals surface area (Å²) in [6.07, 6.45) is -6.19. The Balaban J connectivity index is 2.90. The number of hydrogen-bond acceptors (Lipinski definition) is 4. The first-order valence-corrected chi connectivity index (χ1v) is 6.10. The van der Waals surface area contributed by atoms with E-state index in [4.69, 9.17) is 4.74 Å². The number of alkyl halides is 3. The van der Waals surface area contributed by atoms with Crippen LogP contribution in [-0.4, -0.2) is 48.4 Å². The number of amides is 1. The molecule has 116 valence electrons. The Kier molecular flexibility index (Phi) is 4.55. The molecule has 0 N–H and O–H groups in total. The molecular formula is C12H18F3NO4. The molecule has 8 heteroatoms. The fourth-order valence-electron chi connectivity index (χ4n) is 2.01. The molecule has 0 spiro atoms. The molecule has 0 unspecified atom stereocenters. The first-order valence-electron chi connectivity index (χ1n) is 6.10. The van der Waals surface area contributed by atoms with Crippen molar-refractivity contribution in [3.8, 4) is 0 Å². The highest BCUT2D eigenvalue weighted by atomic mass is 19.4. The maximum atomic E-state index is 12.9. The second-order valence-corrected chi connectivity index (χ2v) is 5.65. The molecule has 1 aliphatic heterocycles. The van der Waals surface area contributed by atoms with Crippen LogP contribution in [0.1, 0.15) is 27.2 Å². The van der Waals surface area contributed by atoms with Gasteiger partial charge in [0, 0.05) is 6.54 Å². The third-order valence-electron chi connectivity index (χ3n) is 2.84. The molecule has 1 rings (SSSR count). The number of nitrogens with zero attached hydrogens (tertiary/aromatic N) is 1. The van der Waals surface area contributed by atoms with Crippen LogP contribution in [0, 0.1) is 5.92 Å². The molecule has 0 aliphatic carbocycles. The van der Waals surface area contributed by atoms with Gasteiger partial charge >= 0.3 is 18.2 Å². The summed E-state index contributed by atoms with van der Waals surface area (Å²) in [5.41, 5.74) is -0.906. The Bertz CT molecular complexity index is 389. The monoisotopic (exact) mass is 297 g/mol. The summed E-state index contributed by atoms with van der Waals surface area (Å²) >= 11 is 0. The molecule has 20 heavy (non-hydrogen) atoms. The first kappa shape index (κ1) is 16.6. The Hall–Kier alpha value is -1.47. The van der Waals surface area contributed by atoms with Crippen LogP contribution in [0.15, 0.2) is 0 Å². The minimum Gasteiger partial charge on any atom is -0.469 e. The Morgan fingerprint density at radius 3 is 2.15 bits per heavy atom. The second kappa shape index (κ2) is 5.49. The summed E-state index contributed by atoms with van der Waals surface area (Å²) in [6, 6.07) is -2.03. The number of ether oxygens (including phenoxy) is 2. The van der Waals surface area contributed by atoms with Crippen LogP contribution in [0.4, 0.5) is 18.0 Å². The van der Waals surface area contributed by atoms with Crippen molar-refractivity contribution in [2.75, 3.05) is 13.7 Å². The Labute approximate surface area is 115 Å². The molecule has 1 aliphatic rings. The number of carbonyl (C=O) groups excluding carboxylic acids is 2. The first-order chi connectivity index (χ1) is 8.95. The van der Waals surface area contributed by atoms with Gasteiger partial charge < -0.3 is 9.47 Å². The van der Waals surface area contributed by atoms with Gasteiger partial charge in [0.25, 0.3) is 0 Å².